The van der Waals surface area contributed by atoms with E-state index in [-0.39, 0.29) is 12.2 Å². The number of rotatable bonds is 6. The third-order valence-electron chi connectivity index (χ3n) is 3.02. The number of methoxy groups -OCH3 is 1. The van der Waals surface area contributed by atoms with Gasteiger partial charge in [-0.2, -0.15) is 10.4 Å². The van der Waals surface area contributed by atoms with E-state index in [1.807, 2.05) is 23.0 Å². The van der Waals surface area contributed by atoms with Crippen molar-refractivity contribution in [3.05, 3.63) is 42.0 Å². The third-order valence-corrected chi connectivity index (χ3v) is 3.02. The van der Waals surface area contributed by atoms with Crippen LogP contribution in [0.5, 0.6) is 0 Å². The summed E-state index contributed by atoms with van der Waals surface area (Å²) in [5.74, 6) is -0.351. The second-order valence-electron chi connectivity index (χ2n) is 4.48. The fraction of sp³-hybridized carbons (Fsp3) is 0.333. The minimum atomic E-state index is -0.351. The van der Waals surface area contributed by atoms with Gasteiger partial charge in [0.05, 0.1) is 18.7 Å². The fourth-order valence-electron chi connectivity index (χ4n) is 1.96. The smallest absolute Gasteiger partial charge is 0.128 e. The lowest BCUT2D eigenvalue weighted by Gasteiger charge is -2.02. The molecule has 0 radical (unpaired) electrons. The number of benzene rings is 1. The maximum absolute atomic E-state index is 13.8. The monoisotopic (exact) mass is 273 g/mol. The second kappa shape index (κ2) is 6.83. The number of halogens is 1. The summed E-state index contributed by atoms with van der Waals surface area (Å²) < 4.78 is 20.6. The van der Waals surface area contributed by atoms with E-state index in [0.717, 1.165) is 24.1 Å². The van der Waals surface area contributed by atoms with Crippen LogP contribution in [0.4, 0.5) is 4.39 Å². The molecule has 4 nitrogen and oxygen atoms in total. The van der Waals surface area contributed by atoms with E-state index in [1.54, 1.807) is 19.4 Å². The Bertz CT molecular complexity index is 616. The van der Waals surface area contributed by atoms with Crippen molar-refractivity contribution in [2.45, 2.75) is 19.4 Å². The summed E-state index contributed by atoms with van der Waals surface area (Å²) in [6, 6.07) is 6.86. The molecule has 0 unspecified atom stereocenters. The standard InChI is InChI=1S/C15H16FN3O/c1-20-8-2-7-19-11-14(10-18-19)13-4-3-12(5-6-17)15(16)9-13/h3-4,9-11H,2,5,7-8H2,1H3. The van der Waals surface area contributed by atoms with E-state index in [2.05, 4.69) is 5.10 Å². The van der Waals surface area contributed by atoms with Crippen LogP contribution in [0.25, 0.3) is 11.1 Å². The molecule has 0 aliphatic rings. The normalized spacial score (nSPS) is 10.4. The molecule has 0 aliphatic carbocycles. The molecule has 0 N–H and O–H groups in total. The largest absolute Gasteiger partial charge is 0.385 e. The Kier molecular flexibility index (Phi) is 4.85. The number of aryl methyl sites for hydroxylation is 1. The SMILES string of the molecule is COCCCn1cc(-c2ccc(CC#N)c(F)c2)cn1. The molecule has 0 spiro atoms. The van der Waals surface area contributed by atoms with Gasteiger partial charge < -0.3 is 4.74 Å². The van der Waals surface area contributed by atoms with E-state index in [4.69, 9.17) is 10.00 Å². The lowest BCUT2D eigenvalue weighted by Crippen LogP contribution is -2.01. The van der Waals surface area contributed by atoms with Crippen LogP contribution in [-0.2, 0) is 17.7 Å². The molecule has 5 heteroatoms. The van der Waals surface area contributed by atoms with Crippen molar-refractivity contribution in [3.8, 4) is 17.2 Å². The van der Waals surface area contributed by atoms with E-state index in [0.29, 0.717) is 12.2 Å². The first-order valence-electron chi connectivity index (χ1n) is 6.41. The lowest BCUT2D eigenvalue weighted by atomic mass is 10.1. The summed E-state index contributed by atoms with van der Waals surface area (Å²) in [5.41, 5.74) is 2.05. The van der Waals surface area contributed by atoms with Gasteiger partial charge in [-0.15, -0.1) is 0 Å². The van der Waals surface area contributed by atoms with Crippen LogP contribution in [0.15, 0.2) is 30.6 Å². The number of nitriles is 1. The predicted molar refractivity (Wildman–Crippen MR) is 73.4 cm³/mol. The minimum absolute atomic E-state index is 0.0857. The van der Waals surface area contributed by atoms with Gasteiger partial charge in [0, 0.05) is 37.6 Å². The Balaban J connectivity index is 2.12. The lowest BCUT2D eigenvalue weighted by molar-refractivity contribution is 0.189. The van der Waals surface area contributed by atoms with Crippen molar-refractivity contribution >= 4 is 0 Å². The van der Waals surface area contributed by atoms with Gasteiger partial charge in [-0.1, -0.05) is 12.1 Å². The number of aromatic nitrogens is 2. The van der Waals surface area contributed by atoms with Gasteiger partial charge in [0.15, 0.2) is 0 Å². The van der Waals surface area contributed by atoms with Crippen LogP contribution in [0, 0.1) is 17.1 Å². The molecule has 0 saturated heterocycles. The summed E-state index contributed by atoms with van der Waals surface area (Å²) >= 11 is 0. The highest BCUT2D eigenvalue weighted by Crippen LogP contribution is 2.21. The highest BCUT2D eigenvalue weighted by Gasteiger charge is 2.07. The molecule has 104 valence electrons. The molecule has 0 saturated carbocycles. The zero-order valence-corrected chi connectivity index (χ0v) is 11.3. The van der Waals surface area contributed by atoms with E-state index in [9.17, 15) is 4.39 Å². The van der Waals surface area contributed by atoms with Crippen molar-refractivity contribution < 1.29 is 9.13 Å². The molecule has 0 bridgehead atoms. The van der Waals surface area contributed by atoms with Crippen LogP contribution in [0.2, 0.25) is 0 Å². The van der Waals surface area contributed by atoms with Crippen molar-refractivity contribution in [2.24, 2.45) is 0 Å². The quantitative estimate of drug-likeness (QED) is 0.760. The zero-order chi connectivity index (χ0) is 14.4. The average molecular weight is 273 g/mol. The Hall–Kier alpha value is -2.19. The van der Waals surface area contributed by atoms with E-state index in [1.165, 1.54) is 6.07 Å². The van der Waals surface area contributed by atoms with Crippen molar-refractivity contribution in [1.82, 2.24) is 9.78 Å². The molecule has 20 heavy (non-hydrogen) atoms. The van der Waals surface area contributed by atoms with Crippen LogP contribution < -0.4 is 0 Å². The highest BCUT2D eigenvalue weighted by atomic mass is 19.1. The number of nitrogens with zero attached hydrogens (tertiary/aromatic N) is 3. The van der Waals surface area contributed by atoms with Gasteiger partial charge in [-0.3, -0.25) is 4.68 Å². The topological polar surface area (TPSA) is 50.8 Å². The van der Waals surface area contributed by atoms with Crippen LogP contribution in [0.1, 0.15) is 12.0 Å². The first-order valence-corrected chi connectivity index (χ1v) is 6.41. The van der Waals surface area contributed by atoms with Gasteiger partial charge in [0.1, 0.15) is 5.82 Å². The fourth-order valence-corrected chi connectivity index (χ4v) is 1.96. The Morgan fingerprint density at radius 3 is 2.95 bits per heavy atom. The molecule has 0 aliphatic heterocycles. The molecule has 0 amide bonds. The second-order valence-corrected chi connectivity index (χ2v) is 4.48. The zero-order valence-electron chi connectivity index (χ0n) is 11.3. The predicted octanol–water partition coefficient (Wildman–Crippen LogP) is 2.79. The summed E-state index contributed by atoms with van der Waals surface area (Å²) in [6.07, 6.45) is 4.56. The average Bonchev–Trinajstić information content (AvgIpc) is 2.90. The maximum atomic E-state index is 13.8. The molecule has 1 heterocycles. The van der Waals surface area contributed by atoms with Crippen LogP contribution in [0.3, 0.4) is 0 Å². The summed E-state index contributed by atoms with van der Waals surface area (Å²) in [4.78, 5) is 0. The number of ether oxygens (including phenoxy) is 1. The van der Waals surface area contributed by atoms with Gasteiger partial charge in [0.2, 0.25) is 0 Å². The summed E-state index contributed by atoms with van der Waals surface area (Å²) in [6.45, 7) is 1.45. The van der Waals surface area contributed by atoms with Crippen molar-refractivity contribution in [2.75, 3.05) is 13.7 Å². The number of hydrogen-bond donors (Lipinski definition) is 0. The summed E-state index contributed by atoms with van der Waals surface area (Å²) in [5, 5.41) is 12.8. The van der Waals surface area contributed by atoms with Crippen molar-refractivity contribution in [3.63, 3.8) is 0 Å². The highest BCUT2D eigenvalue weighted by molar-refractivity contribution is 5.62. The van der Waals surface area contributed by atoms with Crippen LogP contribution >= 0.6 is 0 Å². The van der Waals surface area contributed by atoms with Gasteiger partial charge >= 0.3 is 0 Å². The molecule has 1 aromatic carbocycles. The number of hydrogen-bond acceptors (Lipinski definition) is 3. The molecule has 0 atom stereocenters. The third kappa shape index (κ3) is 3.43. The van der Waals surface area contributed by atoms with E-state index >= 15 is 0 Å². The first kappa shape index (κ1) is 14.2. The Morgan fingerprint density at radius 2 is 2.25 bits per heavy atom. The molecular weight excluding hydrogens is 257 g/mol. The Morgan fingerprint density at radius 1 is 1.40 bits per heavy atom. The first-order chi connectivity index (χ1) is 9.74. The van der Waals surface area contributed by atoms with Gasteiger partial charge in [-0.05, 0) is 18.1 Å². The molecule has 2 rings (SSSR count). The maximum Gasteiger partial charge on any atom is 0.128 e. The summed E-state index contributed by atoms with van der Waals surface area (Å²) in [7, 11) is 1.67. The van der Waals surface area contributed by atoms with Gasteiger partial charge in [0.25, 0.3) is 0 Å². The van der Waals surface area contributed by atoms with Gasteiger partial charge in [-0.25, -0.2) is 4.39 Å². The molecule has 0 fully saturated rings. The Labute approximate surface area is 117 Å². The molecular formula is C15H16FN3O. The molecule has 2 aromatic rings. The minimum Gasteiger partial charge on any atom is -0.385 e. The van der Waals surface area contributed by atoms with Crippen molar-refractivity contribution in [1.29, 1.82) is 5.26 Å². The van der Waals surface area contributed by atoms with E-state index < -0.39 is 0 Å². The van der Waals surface area contributed by atoms with Crippen LogP contribution in [-0.4, -0.2) is 23.5 Å². The molecule has 1 aromatic heterocycles.